The third kappa shape index (κ3) is 3.91. The second-order valence-electron chi connectivity index (χ2n) is 6.38. The minimum absolute atomic E-state index is 0. The summed E-state index contributed by atoms with van der Waals surface area (Å²) in [5, 5.41) is 5.22. The van der Waals surface area contributed by atoms with E-state index in [1.807, 2.05) is 18.9 Å². The van der Waals surface area contributed by atoms with Crippen LogP contribution in [0.2, 0.25) is 0 Å². The Labute approximate surface area is 174 Å². The number of amides is 1. The van der Waals surface area contributed by atoms with Gasteiger partial charge in [0.15, 0.2) is 5.65 Å². The molecule has 4 heterocycles. The van der Waals surface area contributed by atoms with Crippen molar-refractivity contribution in [1.82, 2.24) is 24.6 Å². The number of aromatic nitrogens is 4. The number of rotatable bonds is 3. The Morgan fingerprint density at radius 2 is 1.93 bits per heavy atom. The molecular formula is C17H23Cl2N7O2. The van der Waals surface area contributed by atoms with Gasteiger partial charge in [0.2, 0.25) is 0 Å². The molecule has 0 spiro atoms. The average Bonchev–Trinajstić information content (AvgIpc) is 3.28. The van der Waals surface area contributed by atoms with Crippen molar-refractivity contribution in [3.63, 3.8) is 0 Å². The fraction of sp³-hybridized carbons (Fsp3) is 0.412. The van der Waals surface area contributed by atoms with E-state index in [-0.39, 0.29) is 37.3 Å². The average molecular weight is 428 g/mol. The van der Waals surface area contributed by atoms with Crippen LogP contribution in [0.3, 0.4) is 0 Å². The normalized spacial score (nSPS) is 14.0. The fourth-order valence-corrected chi connectivity index (χ4v) is 3.26. The van der Waals surface area contributed by atoms with E-state index in [0.717, 1.165) is 16.9 Å². The highest BCUT2D eigenvalue weighted by molar-refractivity contribution is 5.94. The number of furan rings is 1. The predicted octanol–water partition coefficient (Wildman–Crippen LogP) is 1.53. The van der Waals surface area contributed by atoms with Gasteiger partial charge in [0.05, 0.1) is 23.7 Å². The van der Waals surface area contributed by atoms with Crippen LogP contribution in [0.25, 0.3) is 11.0 Å². The summed E-state index contributed by atoms with van der Waals surface area (Å²) in [6.45, 7) is 4.81. The van der Waals surface area contributed by atoms with Gasteiger partial charge >= 0.3 is 0 Å². The Morgan fingerprint density at radius 3 is 2.57 bits per heavy atom. The molecule has 3 aromatic heterocycles. The van der Waals surface area contributed by atoms with Crippen LogP contribution in [0, 0.1) is 6.92 Å². The van der Waals surface area contributed by atoms with E-state index >= 15 is 0 Å². The largest absolute Gasteiger partial charge is 0.467 e. The Kier molecular flexibility index (Phi) is 6.87. The first kappa shape index (κ1) is 21.9. The molecule has 0 aliphatic carbocycles. The number of aryl methyl sites for hydroxylation is 2. The molecular weight excluding hydrogens is 405 g/mol. The molecule has 1 aliphatic heterocycles. The SMILES string of the molecule is Cc1nc(N2CCN(C(=O)c3coc(CN)c3)CC2)c2cnn(C)c2n1.Cl.Cl. The molecule has 152 valence electrons. The summed E-state index contributed by atoms with van der Waals surface area (Å²) in [4.78, 5) is 25.7. The van der Waals surface area contributed by atoms with Crippen molar-refractivity contribution < 1.29 is 9.21 Å². The third-order valence-corrected chi connectivity index (χ3v) is 4.65. The maximum atomic E-state index is 12.6. The number of nitrogens with two attached hydrogens (primary N) is 1. The van der Waals surface area contributed by atoms with E-state index in [9.17, 15) is 4.79 Å². The number of hydrogen-bond donors (Lipinski definition) is 1. The number of nitrogens with zero attached hydrogens (tertiary/aromatic N) is 6. The van der Waals surface area contributed by atoms with E-state index < -0.39 is 0 Å². The van der Waals surface area contributed by atoms with Crippen molar-refractivity contribution in [3.8, 4) is 0 Å². The molecule has 4 rings (SSSR count). The zero-order chi connectivity index (χ0) is 18.3. The highest BCUT2D eigenvalue weighted by atomic mass is 35.5. The van der Waals surface area contributed by atoms with Crippen molar-refractivity contribution in [3.05, 3.63) is 35.7 Å². The van der Waals surface area contributed by atoms with Crippen LogP contribution >= 0.6 is 24.8 Å². The van der Waals surface area contributed by atoms with Crippen molar-refractivity contribution in [2.45, 2.75) is 13.5 Å². The van der Waals surface area contributed by atoms with Gasteiger partial charge < -0.3 is 20.0 Å². The molecule has 28 heavy (non-hydrogen) atoms. The second kappa shape index (κ2) is 8.76. The molecule has 0 radical (unpaired) electrons. The van der Waals surface area contributed by atoms with Crippen LogP contribution in [0.5, 0.6) is 0 Å². The lowest BCUT2D eigenvalue weighted by molar-refractivity contribution is 0.0746. The number of piperazine rings is 1. The lowest BCUT2D eigenvalue weighted by atomic mass is 10.2. The van der Waals surface area contributed by atoms with Gasteiger partial charge in [-0.15, -0.1) is 24.8 Å². The van der Waals surface area contributed by atoms with Gasteiger partial charge in [-0.3, -0.25) is 9.48 Å². The standard InChI is InChI=1S/C17H21N7O2.2ClH/c1-11-20-15-14(9-19-22(15)2)16(21-11)23-3-5-24(6-4-23)17(25)12-7-13(8-18)26-10-12;;/h7,9-10H,3-6,8,18H2,1-2H3;2*1H. The van der Waals surface area contributed by atoms with Crippen LogP contribution in [0.1, 0.15) is 21.9 Å². The predicted molar refractivity (Wildman–Crippen MR) is 110 cm³/mol. The monoisotopic (exact) mass is 427 g/mol. The van der Waals surface area contributed by atoms with E-state index in [4.69, 9.17) is 10.2 Å². The molecule has 0 aromatic carbocycles. The van der Waals surface area contributed by atoms with Gasteiger partial charge in [-0.1, -0.05) is 0 Å². The molecule has 0 unspecified atom stereocenters. The molecule has 0 atom stereocenters. The number of fused-ring (bicyclic) bond motifs is 1. The maximum Gasteiger partial charge on any atom is 0.257 e. The number of carbonyl (C=O) groups excluding carboxylic acids is 1. The number of hydrogen-bond acceptors (Lipinski definition) is 7. The number of anilines is 1. The van der Waals surface area contributed by atoms with Crippen LogP contribution < -0.4 is 10.6 Å². The second-order valence-corrected chi connectivity index (χ2v) is 6.38. The van der Waals surface area contributed by atoms with Gasteiger partial charge in [0.25, 0.3) is 5.91 Å². The molecule has 1 saturated heterocycles. The Bertz CT molecular complexity index is 964. The summed E-state index contributed by atoms with van der Waals surface area (Å²) < 4.78 is 7.02. The van der Waals surface area contributed by atoms with Gasteiger partial charge in [0.1, 0.15) is 23.7 Å². The van der Waals surface area contributed by atoms with E-state index in [1.165, 1.54) is 6.26 Å². The van der Waals surface area contributed by atoms with Crippen LogP contribution in [0.15, 0.2) is 22.9 Å². The summed E-state index contributed by atoms with van der Waals surface area (Å²) >= 11 is 0. The lowest BCUT2D eigenvalue weighted by Crippen LogP contribution is -2.49. The summed E-state index contributed by atoms with van der Waals surface area (Å²) in [6, 6.07) is 1.71. The summed E-state index contributed by atoms with van der Waals surface area (Å²) in [6.07, 6.45) is 3.27. The van der Waals surface area contributed by atoms with Crippen molar-refractivity contribution in [2.75, 3.05) is 31.1 Å². The van der Waals surface area contributed by atoms with Gasteiger partial charge in [0, 0.05) is 33.2 Å². The first-order chi connectivity index (χ1) is 12.6. The molecule has 2 N–H and O–H groups in total. The molecule has 9 nitrogen and oxygen atoms in total. The zero-order valence-corrected chi connectivity index (χ0v) is 17.3. The summed E-state index contributed by atoms with van der Waals surface area (Å²) in [5.41, 5.74) is 6.91. The quantitative estimate of drug-likeness (QED) is 0.674. The number of halogens is 2. The Balaban J connectivity index is 0.00000140. The van der Waals surface area contributed by atoms with E-state index in [1.54, 1.807) is 16.9 Å². The van der Waals surface area contributed by atoms with Crippen LogP contribution in [-0.4, -0.2) is 56.7 Å². The molecule has 0 saturated carbocycles. The number of carbonyl (C=O) groups is 1. The van der Waals surface area contributed by atoms with Crippen LogP contribution in [-0.2, 0) is 13.6 Å². The van der Waals surface area contributed by atoms with Crippen molar-refractivity contribution >= 4 is 47.6 Å². The van der Waals surface area contributed by atoms with E-state index in [2.05, 4.69) is 20.0 Å². The summed E-state index contributed by atoms with van der Waals surface area (Å²) in [7, 11) is 1.87. The smallest absolute Gasteiger partial charge is 0.257 e. The topological polar surface area (TPSA) is 106 Å². The van der Waals surface area contributed by atoms with Crippen LogP contribution in [0.4, 0.5) is 5.82 Å². The van der Waals surface area contributed by atoms with Crippen molar-refractivity contribution in [1.29, 1.82) is 0 Å². The molecule has 1 amide bonds. The first-order valence-electron chi connectivity index (χ1n) is 8.55. The molecule has 1 aliphatic rings. The van der Waals surface area contributed by atoms with Gasteiger partial charge in [-0.25, -0.2) is 9.97 Å². The maximum absolute atomic E-state index is 12.6. The van der Waals surface area contributed by atoms with Crippen molar-refractivity contribution in [2.24, 2.45) is 12.8 Å². The minimum atomic E-state index is -0.0292. The Morgan fingerprint density at radius 1 is 1.21 bits per heavy atom. The highest BCUT2D eigenvalue weighted by Crippen LogP contribution is 2.24. The molecule has 1 fully saturated rings. The summed E-state index contributed by atoms with van der Waals surface area (Å²) in [5.74, 6) is 2.17. The highest BCUT2D eigenvalue weighted by Gasteiger charge is 2.25. The first-order valence-corrected chi connectivity index (χ1v) is 8.55. The fourth-order valence-electron chi connectivity index (χ4n) is 3.26. The lowest BCUT2D eigenvalue weighted by Gasteiger charge is -2.35. The molecule has 11 heteroatoms. The minimum Gasteiger partial charge on any atom is -0.467 e. The molecule has 3 aromatic rings. The molecule has 0 bridgehead atoms. The van der Waals surface area contributed by atoms with Gasteiger partial charge in [-0.05, 0) is 13.0 Å². The Hall–Kier alpha value is -2.36. The third-order valence-electron chi connectivity index (χ3n) is 4.65. The van der Waals surface area contributed by atoms with Gasteiger partial charge in [-0.2, -0.15) is 5.10 Å². The zero-order valence-electron chi connectivity index (χ0n) is 15.7. The van der Waals surface area contributed by atoms with E-state index in [0.29, 0.717) is 43.3 Å².